The molecule has 0 saturated heterocycles. The molecule has 8 heteroatoms. The Kier molecular flexibility index (Phi) is 7.42. The first-order chi connectivity index (χ1) is 16.0. The molecule has 2 N–H and O–H groups in total. The number of ketones is 1. The molecule has 1 aliphatic carbocycles. The molecule has 0 saturated carbocycles. The molecule has 0 spiro atoms. The molecule has 1 aliphatic rings. The minimum absolute atomic E-state index is 0.120. The van der Waals surface area contributed by atoms with Crippen LogP contribution < -0.4 is 15.4 Å². The summed E-state index contributed by atoms with van der Waals surface area (Å²) in [5.41, 5.74) is 1.72. The summed E-state index contributed by atoms with van der Waals surface area (Å²) < 4.78 is 5.44. The number of rotatable bonds is 8. The fourth-order valence-corrected chi connectivity index (χ4v) is 5.00. The molecule has 33 heavy (non-hydrogen) atoms. The zero-order valence-electron chi connectivity index (χ0n) is 17.9. The van der Waals surface area contributed by atoms with Crippen molar-refractivity contribution < 1.29 is 19.1 Å². The fourth-order valence-electron chi connectivity index (χ4n) is 3.64. The molecule has 0 fully saturated rings. The van der Waals surface area contributed by atoms with Gasteiger partial charge in [0.2, 0.25) is 0 Å². The summed E-state index contributed by atoms with van der Waals surface area (Å²) in [4.78, 5) is 39.7. The lowest BCUT2D eigenvalue weighted by atomic mass is 9.99. The molecular weight excluding hydrogens is 460 g/mol. The molecule has 0 unspecified atom stereocenters. The van der Waals surface area contributed by atoms with E-state index < -0.39 is 11.8 Å². The summed E-state index contributed by atoms with van der Waals surface area (Å²) in [6.45, 7) is -0.343. The van der Waals surface area contributed by atoms with E-state index in [-0.39, 0.29) is 30.2 Å². The van der Waals surface area contributed by atoms with Crippen molar-refractivity contribution in [3.8, 4) is 5.75 Å². The number of carbonyl (C=O) groups excluding carboxylic acids is 3. The molecule has 1 heterocycles. The Labute approximate surface area is 200 Å². The topological polar surface area (TPSA) is 84.5 Å². The van der Waals surface area contributed by atoms with Gasteiger partial charge < -0.3 is 15.4 Å². The lowest BCUT2D eigenvalue weighted by Crippen LogP contribution is -2.30. The average molecular weight is 483 g/mol. The Morgan fingerprint density at radius 3 is 2.58 bits per heavy atom. The number of Topliss-reactive ketones (excluding diaryl/α,β-unsaturated/α-hetero) is 1. The van der Waals surface area contributed by atoms with Crippen molar-refractivity contribution in [1.29, 1.82) is 0 Å². The quantitative estimate of drug-likeness (QED) is 0.447. The molecule has 6 nitrogen and oxygen atoms in total. The van der Waals surface area contributed by atoms with Crippen molar-refractivity contribution in [1.82, 2.24) is 5.32 Å². The van der Waals surface area contributed by atoms with E-state index in [4.69, 9.17) is 16.3 Å². The first-order valence-electron chi connectivity index (χ1n) is 10.7. The van der Waals surface area contributed by atoms with Gasteiger partial charge in [-0.3, -0.25) is 14.4 Å². The van der Waals surface area contributed by atoms with Gasteiger partial charge in [0, 0.05) is 9.90 Å². The van der Waals surface area contributed by atoms with Crippen molar-refractivity contribution in [2.45, 2.75) is 25.7 Å². The number of fused-ring (bicyclic) bond motifs is 1. The Hall–Kier alpha value is -3.16. The van der Waals surface area contributed by atoms with Gasteiger partial charge in [0.25, 0.3) is 11.8 Å². The van der Waals surface area contributed by atoms with Crippen LogP contribution in [-0.2, 0) is 17.6 Å². The third kappa shape index (κ3) is 6.00. The van der Waals surface area contributed by atoms with Gasteiger partial charge in [-0.1, -0.05) is 29.8 Å². The zero-order valence-corrected chi connectivity index (χ0v) is 19.4. The molecule has 3 aromatic rings. The minimum Gasteiger partial charge on any atom is -0.484 e. The Morgan fingerprint density at radius 1 is 1.00 bits per heavy atom. The molecule has 0 radical (unpaired) electrons. The predicted molar refractivity (Wildman–Crippen MR) is 130 cm³/mol. The normalized spacial score (nSPS) is 12.5. The molecule has 0 bridgehead atoms. The average Bonchev–Trinajstić information content (AvgIpc) is 3.26. The summed E-state index contributed by atoms with van der Waals surface area (Å²) >= 11 is 7.59. The van der Waals surface area contributed by atoms with Crippen LogP contribution in [-0.4, -0.2) is 30.7 Å². The number of aryl methyl sites for hydroxylation is 2. The highest BCUT2D eigenvalue weighted by Gasteiger charge is 2.19. The molecule has 170 valence electrons. The van der Waals surface area contributed by atoms with Gasteiger partial charge >= 0.3 is 0 Å². The maximum atomic E-state index is 12.8. The summed E-state index contributed by atoms with van der Waals surface area (Å²) in [7, 11) is 0. The molecular formula is C25H23ClN2O4S. The lowest BCUT2D eigenvalue weighted by molar-refractivity contribution is -0.118. The van der Waals surface area contributed by atoms with Crippen LogP contribution in [0, 0.1) is 0 Å². The highest BCUT2D eigenvalue weighted by atomic mass is 35.5. The number of nitrogens with one attached hydrogen (secondary N) is 2. The second kappa shape index (κ2) is 10.6. The van der Waals surface area contributed by atoms with Crippen molar-refractivity contribution in [3.63, 3.8) is 0 Å². The smallest absolute Gasteiger partial charge is 0.262 e. The van der Waals surface area contributed by atoms with Crippen molar-refractivity contribution >= 4 is 46.2 Å². The number of para-hydroxylation sites is 1. The first-order valence-corrected chi connectivity index (χ1v) is 11.9. The van der Waals surface area contributed by atoms with E-state index in [1.54, 1.807) is 30.3 Å². The largest absolute Gasteiger partial charge is 0.484 e. The molecule has 0 aliphatic heterocycles. The van der Waals surface area contributed by atoms with Crippen molar-refractivity contribution in [3.05, 3.63) is 80.5 Å². The summed E-state index contributed by atoms with van der Waals surface area (Å²) in [5, 5.41) is 5.69. The Bertz CT molecular complexity index is 1150. The van der Waals surface area contributed by atoms with Gasteiger partial charge in [0.15, 0.2) is 12.4 Å². The second-order valence-corrected chi connectivity index (χ2v) is 9.29. The van der Waals surface area contributed by atoms with Crippen LogP contribution in [0.3, 0.4) is 0 Å². The van der Waals surface area contributed by atoms with Gasteiger partial charge in [-0.15, -0.1) is 11.3 Å². The van der Waals surface area contributed by atoms with Gasteiger partial charge in [0.05, 0.1) is 22.7 Å². The van der Waals surface area contributed by atoms with E-state index in [1.165, 1.54) is 33.9 Å². The van der Waals surface area contributed by atoms with E-state index >= 15 is 0 Å². The van der Waals surface area contributed by atoms with Crippen molar-refractivity contribution in [2.24, 2.45) is 0 Å². The zero-order chi connectivity index (χ0) is 23.2. The van der Waals surface area contributed by atoms with Gasteiger partial charge in [-0.05, 0) is 67.6 Å². The summed E-state index contributed by atoms with van der Waals surface area (Å²) in [6, 6.07) is 15.5. The standard InChI is InChI=1S/C25H23ClN2O4S/c26-17-10-11-19(20(13-17)28-24(30)15-32-18-7-2-1-3-8-18)25(31)27-14-21(29)23-12-16-6-4-5-9-22(16)33-23/h1-3,7-8,10-13H,4-6,9,14-15H2,(H,27,31)(H,28,30). The van der Waals surface area contributed by atoms with Crippen LogP contribution in [0.5, 0.6) is 5.75 Å². The Balaban J connectivity index is 1.37. The third-order valence-corrected chi connectivity index (χ3v) is 6.81. The second-order valence-electron chi connectivity index (χ2n) is 7.71. The number of benzene rings is 2. The molecule has 2 amide bonds. The molecule has 4 rings (SSSR count). The number of ether oxygens (including phenoxy) is 1. The first kappa shape index (κ1) is 23.0. The van der Waals surface area contributed by atoms with Crippen LogP contribution in [0.15, 0.2) is 54.6 Å². The third-order valence-electron chi connectivity index (χ3n) is 5.29. The van der Waals surface area contributed by atoms with Crippen LogP contribution in [0.25, 0.3) is 0 Å². The summed E-state index contributed by atoms with van der Waals surface area (Å²) in [6.07, 6.45) is 4.32. The highest BCUT2D eigenvalue weighted by molar-refractivity contribution is 7.14. The fraction of sp³-hybridized carbons (Fsp3) is 0.240. The number of carbonyl (C=O) groups is 3. The van der Waals surface area contributed by atoms with Crippen LogP contribution in [0.4, 0.5) is 5.69 Å². The molecule has 2 aromatic carbocycles. The molecule has 0 atom stereocenters. The van der Waals surface area contributed by atoms with Crippen molar-refractivity contribution in [2.75, 3.05) is 18.5 Å². The number of hydrogen-bond acceptors (Lipinski definition) is 5. The van der Waals surface area contributed by atoms with E-state index in [2.05, 4.69) is 10.6 Å². The number of thiophene rings is 1. The van der Waals surface area contributed by atoms with Gasteiger partial charge in [0.1, 0.15) is 5.75 Å². The van der Waals surface area contributed by atoms with E-state index in [9.17, 15) is 14.4 Å². The number of amides is 2. The number of anilines is 1. The van der Waals surface area contributed by atoms with Crippen LogP contribution >= 0.6 is 22.9 Å². The lowest BCUT2D eigenvalue weighted by Gasteiger charge is -2.12. The Morgan fingerprint density at radius 2 is 1.79 bits per heavy atom. The number of hydrogen-bond donors (Lipinski definition) is 2. The van der Waals surface area contributed by atoms with E-state index in [0.717, 1.165) is 25.7 Å². The van der Waals surface area contributed by atoms with Gasteiger partial charge in [-0.2, -0.15) is 0 Å². The minimum atomic E-state index is -0.472. The summed E-state index contributed by atoms with van der Waals surface area (Å²) in [5.74, 6) is -0.472. The van der Waals surface area contributed by atoms with E-state index in [0.29, 0.717) is 15.6 Å². The maximum Gasteiger partial charge on any atom is 0.262 e. The van der Waals surface area contributed by atoms with Crippen LogP contribution in [0.1, 0.15) is 43.3 Å². The predicted octanol–water partition coefficient (Wildman–Crippen LogP) is 4.91. The number of halogens is 1. The monoisotopic (exact) mass is 482 g/mol. The molecule has 1 aromatic heterocycles. The van der Waals surface area contributed by atoms with E-state index in [1.807, 2.05) is 12.1 Å². The maximum absolute atomic E-state index is 12.8. The highest BCUT2D eigenvalue weighted by Crippen LogP contribution is 2.30. The van der Waals surface area contributed by atoms with Crippen LogP contribution in [0.2, 0.25) is 5.02 Å². The van der Waals surface area contributed by atoms with Gasteiger partial charge in [-0.25, -0.2) is 0 Å². The SMILES string of the molecule is O=C(COc1ccccc1)Nc1cc(Cl)ccc1C(=O)NCC(=O)c1cc2c(s1)CCCC2.